The number of amides is 2. The number of hydrogen-bond donors (Lipinski definition) is 1. The topological polar surface area (TPSA) is 96.6 Å². The van der Waals surface area contributed by atoms with Crippen LogP contribution < -0.4 is 15.0 Å². The highest BCUT2D eigenvalue weighted by molar-refractivity contribution is 5.89. The zero-order valence-electron chi connectivity index (χ0n) is 17.7. The van der Waals surface area contributed by atoms with Gasteiger partial charge in [-0.25, -0.2) is 9.78 Å². The van der Waals surface area contributed by atoms with Crippen LogP contribution in [-0.4, -0.2) is 59.4 Å². The maximum Gasteiger partial charge on any atom is 0.321 e. The summed E-state index contributed by atoms with van der Waals surface area (Å²) >= 11 is 0. The number of anilines is 2. The molecular weight excluding hydrogens is 396 g/mol. The van der Waals surface area contributed by atoms with Crippen molar-refractivity contribution in [2.75, 3.05) is 43.5 Å². The molecule has 0 atom stereocenters. The summed E-state index contributed by atoms with van der Waals surface area (Å²) in [5, 5.41) is 11.3. The molecular formula is C22H26N6O3. The van der Waals surface area contributed by atoms with Gasteiger partial charge in [-0.05, 0) is 30.7 Å². The van der Waals surface area contributed by atoms with Crippen LogP contribution in [0.3, 0.4) is 0 Å². The number of pyridine rings is 1. The number of methoxy groups -OCH3 is 1. The van der Waals surface area contributed by atoms with Crippen LogP contribution in [0, 0.1) is 0 Å². The largest absolute Gasteiger partial charge is 0.497 e. The van der Waals surface area contributed by atoms with Crippen molar-refractivity contribution in [3.05, 3.63) is 48.5 Å². The fraction of sp³-hybridized carbons (Fsp3) is 0.364. The Hall–Kier alpha value is -3.62. The molecule has 2 amide bonds. The average molecular weight is 422 g/mol. The van der Waals surface area contributed by atoms with Gasteiger partial charge in [0.25, 0.3) is 5.89 Å². The van der Waals surface area contributed by atoms with Crippen LogP contribution in [0.2, 0.25) is 0 Å². The first-order valence-electron chi connectivity index (χ1n) is 10.4. The minimum atomic E-state index is -0.129. The van der Waals surface area contributed by atoms with E-state index >= 15 is 0 Å². The van der Waals surface area contributed by atoms with Crippen molar-refractivity contribution in [2.45, 2.75) is 19.8 Å². The maximum absolute atomic E-state index is 12.7. The molecule has 0 saturated carbocycles. The van der Waals surface area contributed by atoms with Gasteiger partial charge in [-0.15, -0.1) is 10.2 Å². The van der Waals surface area contributed by atoms with Crippen molar-refractivity contribution in [3.63, 3.8) is 0 Å². The van der Waals surface area contributed by atoms with Crippen LogP contribution in [0.15, 0.2) is 47.0 Å². The molecule has 1 aromatic carbocycles. The number of ether oxygens (including phenoxy) is 1. The minimum absolute atomic E-state index is 0.129. The fourth-order valence-corrected chi connectivity index (χ4v) is 3.52. The standard InChI is InChI=1S/C22H26N6O3/c1-3-6-19-25-26-21(31-19)18-9-5-10-23-20(18)27-11-13-28(14-12-27)22(29)24-16-7-4-8-17(15-16)30-2/h4-5,7-10,15H,3,6,11-14H2,1-2H3,(H,24,29). The third kappa shape index (κ3) is 4.76. The number of rotatable bonds is 6. The Morgan fingerprint density at radius 1 is 1.16 bits per heavy atom. The number of carbonyl (C=O) groups is 1. The molecule has 1 saturated heterocycles. The summed E-state index contributed by atoms with van der Waals surface area (Å²) in [6.07, 6.45) is 3.45. The first-order valence-corrected chi connectivity index (χ1v) is 10.4. The van der Waals surface area contributed by atoms with Gasteiger partial charge < -0.3 is 24.3 Å². The molecule has 1 aliphatic rings. The highest BCUT2D eigenvalue weighted by atomic mass is 16.5. The number of urea groups is 1. The minimum Gasteiger partial charge on any atom is -0.497 e. The lowest BCUT2D eigenvalue weighted by Crippen LogP contribution is -2.50. The van der Waals surface area contributed by atoms with Crippen LogP contribution in [-0.2, 0) is 6.42 Å². The number of carbonyl (C=O) groups excluding carboxylic acids is 1. The first kappa shape index (κ1) is 20.6. The molecule has 162 valence electrons. The lowest BCUT2D eigenvalue weighted by atomic mass is 10.2. The van der Waals surface area contributed by atoms with Crippen molar-refractivity contribution in [3.8, 4) is 17.2 Å². The Bertz CT molecular complexity index is 1030. The molecule has 3 aromatic rings. The van der Waals surface area contributed by atoms with E-state index in [1.54, 1.807) is 24.3 Å². The van der Waals surface area contributed by atoms with Gasteiger partial charge in [0, 0.05) is 50.6 Å². The van der Waals surface area contributed by atoms with Crippen molar-refractivity contribution in [2.24, 2.45) is 0 Å². The van der Waals surface area contributed by atoms with E-state index in [1.807, 2.05) is 30.3 Å². The third-order valence-corrected chi connectivity index (χ3v) is 5.14. The normalized spacial score (nSPS) is 13.9. The molecule has 0 spiro atoms. The zero-order valence-corrected chi connectivity index (χ0v) is 17.7. The first-order chi connectivity index (χ1) is 15.2. The molecule has 2 aromatic heterocycles. The monoisotopic (exact) mass is 422 g/mol. The molecule has 9 nitrogen and oxygen atoms in total. The highest BCUT2D eigenvalue weighted by Gasteiger charge is 2.25. The summed E-state index contributed by atoms with van der Waals surface area (Å²) in [4.78, 5) is 21.2. The van der Waals surface area contributed by atoms with Gasteiger partial charge in [-0.2, -0.15) is 0 Å². The van der Waals surface area contributed by atoms with E-state index in [0.717, 1.165) is 24.2 Å². The maximum atomic E-state index is 12.7. The Balaban J connectivity index is 1.41. The fourth-order valence-electron chi connectivity index (χ4n) is 3.52. The van der Waals surface area contributed by atoms with Gasteiger partial charge in [0.05, 0.1) is 12.7 Å². The second kappa shape index (κ2) is 9.46. The Morgan fingerprint density at radius 3 is 2.77 bits per heavy atom. The van der Waals surface area contributed by atoms with Crippen molar-refractivity contribution >= 4 is 17.5 Å². The summed E-state index contributed by atoms with van der Waals surface area (Å²) in [5.74, 6) is 2.60. The van der Waals surface area contributed by atoms with Gasteiger partial charge in [0.2, 0.25) is 5.89 Å². The predicted molar refractivity (Wildman–Crippen MR) is 117 cm³/mol. The quantitative estimate of drug-likeness (QED) is 0.650. The van der Waals surface area contributed by atoms with E-state index in [0.29, 0.717) is 49.4 Å². The number of hydrogen-bond acceptors (Lipinski definition) is 7. The summed E-state index contributed by atoms with van der Waals surface area (Å²) in [6, 6.07) is 11.0. The highest BCUT2D eigenvalue weighted by Crippen LogP contribution is 2.29. The van der Waals surface area contributed by atoms with Crippen LogP contribution in [0.5, 0.6) is 5.75 Å². The lowest BCUT2D eigenvalue weighted by molar-refractivity contribution is 0.208. The van der Waals surface area contributed by atoms with Gasteiger partial charge in [0.1, 0.15) is 11.6 Å². The Labute approximate surface area is 181 Å². The van der Waals surface area contributed by atoms with Crippen LogP contribution in [0.4, 0.5) is 16.3 Å². The molecule has 31 heavy (non-hydrogen) atoms. The second-order valence-electron chi connectivity index (χ2n) is 7.26. The Kier molecular flexibility index (Phi) is 6.30. The molecule has 1 aliphatic heterocycles. The van der Waals surface area contributed by atoms with Crippen molar-refractivity contribution < 1.29 is 13.9 Å². The number of nitrogens with zero attached hydrogens (tertiary/aromatic N) is 5. The summed E-state index contributed by atoms with van der Waals surface area (Å²) in [5.41, 5.74) is 1.52. The number of piperazine rings is 1. The zero-order chi connectivity index (χ0) is 21.6. The van der Waals surface area contributed by atoms with E-state index in [1.165, 1.54) is 0 Å². The summed E-state index contributed by atoms with van der Waals surface area (Å²) in [7, 11) is 1.60. The molecule has 1 N–H and O–H groups in total. The summed E-state index contributed by atoms with van der Waals surface area (Å²) < 4.78 is 11.0. The SMILES string of the molecule is CCCc1nnc(-c2cccnc2N2CCN(C(=O)Nc3cccc(OC)c3)CC2)o1. The van der Waals surface area contributed by atoms with Gasteiger partial charge in [-0.3, -0.25) is 0 Å². The van der Waals surface area contributed by atoms with Crippen molar-refractivity contribution in [1.82, 2.24) is 20.1 Å². The van der Waals surface area contributed by atoms with Crippen LogP contribution in [0.25, 0.3) is 11.5 Å². The molecule has 0 unspecified atom stereocenters. The Morgan fingerprint density at radius 2 is 2.00 bits per heavy atom. The average Bonchev–Trinajstić information content (AvgIpc) is 3.28. The van der Waals surface area contributed by atoms with Crippen LogP contribution >= 0.6 is 0 Å². The molecule has 4 rings (SSSR count). The molecule has 0 bridgehead atoms. The number of aromatic nitrogens is 3. The van der Waals surface area contributed by atoms with E-state index in [2.05, 4.69) is 32.3 Å². The number of aryl methyl sites for hydroxylation is 1. The molecule has 1 fully saturated rings. The van der Waals surface area contributed by atoms with Crippen molar-refractivity contribution in [1.29, 1.82) is 0 Å². The number of nitrogens with one attached hydrogen (secondary N) is 1. The second-order valence-corrected chi connectivity index (χ2v) is 7.26. The van der Waals surface area contributed by atoms with Crippen LogP contribution in [0.1, 0.15) is 19.2 Å². The lowest BCUT2D eigenvalue weighted by Gasteiger charge is -2.35. The summed E-state index contributed by atoms with van der Waals surface area (Å²) in [6.45, 7) is 4.55. The predicted octanol–water partition coefficient (Wildman–Crippen LogP) is 3.45. The number of benzene rings is 1. The van der Waals surface area contributed by atoms with Gasteiger partial charge in [0.15, 0.2) is 0 Å². The van der Waals surface area contributed by atoms with E-state index < -0.39 is 0 Å². The van der Waals surface area contributed by atoms with E-state index in [4.69, 9.17) is 9.15 Å². The van der Waals surface area contributed by atoms with E-state index in [9.17, 15) is 4.79 Å². The van der Waals surface area contributed by atoms with E-state index in [-0.39, 0.29) is 6.03 Å². The van der Waals surface area contributed by atoms with Gasteiger partial charge in [-0.1, -0.05) is 13.0 Å². The smallest absolute Gasteiger partial charge is 0.321 e. The van der Waals surface area contributed by atoms with Gasteiger partial charge >= 0.3 is 6.03 Å². The molecule has 9 heteroatoms. The molecule has 3 heterocycles. The molecule has 0 radical (unpaired) electrons. The third-order valence-electron chi connectivity index (χ3n) is 5.14. The molecule has 0 aliphatic carbocycles.